The second-order valence-electron chi connectivity index (χ2n) is 4.85. The first kappa shape index (κ1) is 10.9. The molecular weight excluding hydrogens is 224 g/mol. The lowest BCUT2D eigenvalue weighted by atomic mass is 10.0. The minimum Gasteiger partial charge on any atom is -0.375 e. The molecule has 0 aromatic carbocycles. The normalized spacial score (nSPS) is 38.4. The molecule has 0 aromatic heterocycles. The summed E-state index contributed by atoms with van der Waals surface area (Å²) < 4.78 is 5.59. The third kappa shape index (κ3) is 1.49. The van der Waals surface area contributed by atoms with Gasteiger partial charge in [-0.3, -0.25) is 9.69 Å². The van der Waals surface area contributed by atoms with Crippen LogP contribution in [0.2, 0.25) is 0 Å². The first-order valence-corrected chi connectivity index (χ1v) is 7.17. The Balaban J connectivity index is 1.88. The highest BCUT2D eigenvalue weighted by molar-refractivity contribution is 7.99. The van der Waals surface area contributed by atoms with Gasteiger partial charge in [0.25, 0.3) is 0 Å². The molecule has 0 radical (unpaired) electrons. The second kappa shape index (κ2) is 3.89. The maximum atomic E-state index is 12.1. The van der Waals surface area contributed by atoms with Crippen molar-refractivity contribution in [2.45, 2.75) is 37.6 Å². The highest BCUT2D eigenvalue weighted by Crippen LogP contribution is 2.37. The van der Waals surface area contributed by atoms with Gasteiger partial charge in [-0.05, 0) is 31.3 Å². The number of rotatable bonds is 0. The van der Waals surface area contributed by atoms with Crippen molar-refractivity contribution < 1.29 is 9.53 Å². The SMILES string of the molecule is C[C@H]1OCCN2[C@@H]1C(=O)NC21CCSCC1. The topological polar surface area (TPSA) is 41.6 Å². The van der Waals surface area contributed by atoms with Crippen molar-refractivity contribution in [2.24, 2.45) is 0 Å². The highest BCUT2D eigenvalue weighted by atomic mass is 32.2. The maximum Gasteiger partial charge on any atom is 0.241 e. The van der Waals surface area contributed by atoms with E-state index in [9.17, 15) is 4.79 Å². The zero-order chi connectivity index (χ0) is 11.2. The number of thioether (sulfide) groups is 1. The molecule has 1 N–H and O–H groups in total. The van der Waals surface area contributed by atoms with Crippen LogP contribution >= 0.6 is 11.8 Å². The molecule has 3 fully saturated rings. The van der Waals surface area contributed by atoms with E-state index in [1.165, 1.54) is 0 Å². The molecule has 3 aliphatic heterocycles. The lowest BCUT2D eigenvalue weighted by Crippen LogP contribution is -2.59. The van der Waals surface area contributed by atoms with Gasteiger partial charge in [-0.2, -0.15) is 11.8 Å². The fraction of sp³-hybridized carbons (Fsp3) is 0.909. The molecule has 4 nitrogen and oxygen atoms in total. The van der Waals surface area contributed by atoms with E-state index in [2.05, 4.69) is 10.2 Å². The zero-order valence-corrected chi connectivity index (χ0v) is 10.4. The summed E-state index contributed by atoms with van der Waals surface area (Å²) in [5.74, 6) is 2.47. The first-order chi connectivity index (χ1) is 7.73. The van der Waals surface area contributed by atoms with Crippen molar-refractivity contribution in [1.82, 2.24) is 10.2 Å². The average molecular weight is 242 g/mol. The molecule has 0 saturated carbocycles. The summed E-state index contributed by atoms with van der Waals surface area (Å²) in [6, 6.07) is -0.0585. The van der Waals surface area contributed by atoms with Gasteiger partial charge in [0.15, 0.2) is 0 Å². The Kier molecular flexibility index (Phi) is 2.64. The van der Waals surface area contributed by atoms with Crippen LogP contribution in [0.15, 0.2) is 0 Å². The van der Waals surface area contributed by atoms with E-state index in [1.54, 1.807) is 0 Å². The Hall–Kier alpha value is -0.260. The van der Waals surface area contributed by atoms with Crippen molar-refractivity contribution >= 4 is 17.7 Å². The van der Waals surface area contributed by atoms with E-state index in [-0.39, 0.29) is 23.7 Å². The Bertz CT molecular complexity index is 304. The standard InChI is InChI=1S/C11H18N2O2S/c1-8-9-10(14)12-11(2-6-16-7-3-11)13(9)4-5-15-8/h8-9H,2-7H2,1H3,(H,12,14)/t8-,9+/m1/s1. The Labute approximate surface area is 100 Å². The van der Waals surface area contributed by atoms with Gasteiger partial charge < -0.3 is 10.1 Å². The quantitative estimate of drug-likeness (QED) is 0.669. The molecule has 3 saturated heterocycles. The Morgan fingerprint density at radius 3 is 3.00 bits per heavy atom. The smallest absolute Gasteiger partial charge is 0.241 e. The summed E-state index contributed by atoms with van der Waals surface area (Å²) in [7, 11) is 0. The lowest BCUT2D eigenvalue weighted by molar-refractivity contribution is -0.130. The molecule has 90 valence electrons. The molecule has 0 aromatic rings. The molecule has 3 aliphatic rings. The number of hydrogen-bond acceptors (Lipinski definition) is 4. The van der Waals surface area contributed by atoms with Crippen LogP contribution < -0.4 is 5.32 Å². The van der Waals surface area contributed by atoms with Crippen LogP contribution in [0.5, 0.6) is 0 Å². The minimum atomic E-state index is -0.0585. The molecular formula is C11H18N2O2S. The second-order valence-corrected chi connectivity index (χ2v) is 6.07. The summed E-state index contributed by atoms with van der Waals surface area (Å²) in [6.07, 6.45) is 2.18. The minimum absolute atomic E-state index is 0.0303. The maximum absolute atomic E-state index is 12.1. The number of nitrogens with one attached hydrogen (secondary N) is 1. The van der Waals surface area contributed by atoms with E-state index in [0.717, 1.165) is 37.5 Å². The molecule has 2 atom stereocenters. The van der Waals surface area contributed by atoms with Crippen molar-refractivity contribution in [3.8, 4) is 0 Å². The van der Waals surface area contributed by atoms with Crippen LogP contribution in [-0.2, 0) is 9.53 Å². The molecule has 0 unspecified atom stereocenters. The number of nitrogens with zero attached hydrogens (tertiary/aromatic N) is 1. The molecule has 0 aliphatic carbocycles. The molecule has 1 spiro atoms. The van der Waals surface area contributed by atoms with Gasteiger partial charge in [0.2, 0.25) is 5.91 Å². The monoisotopic (exact) mass is 242 g/mol. The van der Waals surface area contributed by atoms with Gasteiger partial charge in [0, 0.05) is 6.54 Å². The molecule has 1 amide bonds. The summed E-state index contributed by atoms with van der Waals surface area (Å²) in [6.45, 7) is 3.65. The molecule has 3 rings (SSSR count). The van der Waals surface area contributed by atoms with E-state index in [1.807, 2.05) is 18.7 Å². The largest absolute Gasteiger partial charge is 0.375 e. The van der Waals surface area contributed by atoms with Crippen LogP contribution in [0, 0.1) is 0 Å². The third-order valence-corrected chi connectivity index (χ3v) is 4.97. The fourth-order valence-corrected chi connectivity index (χ4v) is 4.32. The highest BCUT2D eigenvalue weighted by Gasteiger charge is 2.54. The molecule has 0 bridgehead atoms. The Morgan fingerprint density at radius 1 is 1.50 bits per heavy atom. The van der Waals surface area contributed by atoms with Crippen LogP contribution in [-0.4, -0.2) is 53.3 Å². The van der Waals surface area contributed by atoms with Crippen molar-refractivity contribution in [3.63, 3.8) is 0 Å². The van der Waals surface area contributed by atoms with Crippen LogP contribution in [0.25, 0.3) is 0 Å². The number of ether oxygens (including phenoxy) is 1. The third-order valence-electron chi connectivity index (χ3n) is 3.99. The van der Waals surface area contributed by atoms with Gasteiger partial charge in [-0.15, -0.1) is 0 Å². The summed E-state index contributed by atoms with van der Waals surface area (Å²) in [5.41, 5.74) is -0.0506. The lowest BCUT2D eigenvalue weighted by Gasteiger charge is -2.45. The number of hydrogen-bond donors (Lipinski definition) is 1. The summed E-state index contributed by atoms with van der Waals surface area (Å²) in [5, 5.41) is 3.24. The predicted molar refractivity (Wildman–Crippen MR) is 63.3 cm³/mol. The van der Waals surface area contributed by atoms with E-state index < -0.39 is 0 Å². The average Bonchev–Trinajstić information content (AvgIpc) is 2.55. The van der Waals surface area contributed by atoms with Gasteiger partial charge in [-0.1, -0.05) is 0 Å². The summed E-state index contributed by atoms with van der Waals surface area (Å²) in [4.78, 5) is 14.4. The van der Waals surface area contributed by atoms with E-state index in [0.29, 0.717) is 0 Å². The number of fused-ring (bicyclic) bond motifs is 2. The van der Waals surface area contributed by atoms with Crippen molar-refractivity contribution in [3.05, 3.63) is 0 Å². The number of carbonyl (C=O) groups is 1. The first-order valence-electron chi connectivity index (χ1n) is 6.01. The molecule has 5 heteroatoms. The zero-order valence-electron chi connectivity index (χ0n) is 9.57. The van der Waals surface area contributed by atoms with Gasteiger partial charge in [-0.25, -0.2) is 0 Å². The van der Waals surface area contributed by atoms with Gasteiger partial charge in [0.05, 0.1) is 18.4 Å². The summed E-state index contributed by atoms with van der Waals surface area (Å²) >= 11 is 1.99. The molecule has 16 heavy (non-hydrogen) atoms. The number of carbonyl (C=O) groups excluding carboxylic acids is 1. The van der Waals surface area contributed by atoms with E-state index >= 15 is 0 Å². The van der Waals surface area contributed by atoms with Crippen molar-refractivity contribution in [2.75, 3.05) is 24.7 Å². The van der Waals surface area contributed by atoms with E-state index in [4.69, 9.17) is 4.74 Å². The molecule has 3 heterocycles. The number of amides is 1. The van der Waals surface area contributed by atoms with Gasteiger partial charge in [0.1, 0.15) is 6.04 Å². The van der Waals surface area contributed by atoms with Gasteiger partial charge >= 0.3 is 0 Å². The van der Waals surface area contributed by atoms with Crippen LogP contribution in [0.1, 0.15) is 19.8 Å². The predicted octanol–water partition coefficient (Wildman–Crippen LogP) is 0.429. The van der Waals surface area contributed by atoms with Crippen molar-refractivity contribution in [1.29, 1.82) is 0 Å². The fourth-order valence-electron chi connectivity index (χ4n) is 3.15. The number of morpholine rings is 1. The van der Waals surface area contributed by atoms with Crippen LogP contribution in [0.4, 0.5) is 0 Å². The van der Waals surface area contributed by atoms with Crippen LogP contribution in [0.3, 0.4) is 0 Å². The Morgan fingerprint density at radius 2 is 2.25 bits per heavy atom.